The highest BCUT2D eigenvalue weighted by Gasteiger charge is 2.30. The third-order valence-corrected chi connectivity index (χ3v) is 1.23. The van der Waals surface area contributed by atoms with Gasteiger partial charge in [0.15, 0.2) is 5.82 Å². The van der Waals surface area contributed by atoms with E-state index in [0.29, 0.717) is 6.42 Å². The smallest absolute Gasteiger partial charge is 0.339 e. The van der Waals surface area contributed by atoms with Gasteiger partial charge in [-0.25, -0.2) is 0 Å². The summed E-state index contributed by atoms with van der Waals surface area (Å²) >= 11 is 0. The van der Waals surface area contributed by atoms with Crippen LogP contribution in [0.2, 0.25) is 0 Å². The molecule has 0 aliphatic carbocycles. The maximum Gasteiger partial charge on any atom is 0.396 e. The molecule has 1 aromatic heterocycles. The molecular weight excluding hydrogens is 187 g/mol. The second kappa shape index (κ2) is 3.73. The molecule has 0 aliphatic heterocycles. The van der Waals surface area contributed by atoms with E-state index in [9.17, 15) is 13.2 Å². The molecule has 1 rings (SSSR count). The van der Waals surface area contributed by atoms with Crippen molar-refractivity contribution in [3.8, 4) is 0 Å². The molecule has 1 heterocycles. The Morgan fingerprint density at radius 1 is 1.38 bits per heavy atom. The van der Waals surface area contributed by atoms with Gasteiger partial charge in [0.05, 0.1) is 0 Å². The zero-order chi connectivity index (χ0) is 9.90. The number of hydrogen-bond acceptors (Lipinski definition) is 4. The Morgan fingerprint density at radius 2 is 2.08 bits per heavy atom. The third kappa shape index (κ3) is 3.41. The minimum atomic E-state index is -4.30. The lowest BCUT2D eigenvalue weighted by Crippen LogP contribution is -2.12. The van der Waals surface area contributed by atoms with Crippen LogP contribution < -0.4 is 5.73 Å². The first-order valence-electron chi connectivity index (χ1n) is 3.59. The fourth-order valence-electron chi connectivity index (χ4n) is 0.766. The zero-order valence-corrected chi connectivity index (χ0v) is 6.64. The predicted octanol–water partition coefficient (Wildman–Crippen LogP) is 0.676. The summed E-state index contributed by atoms with van der Waals surface area (Å²) < 4.78 is 39.9. The van der Waals surface area contributed by atoms with E-state index < -0.39 is 12.6 Å². The minimum absolute atomic E-state index is 0.141. The first-order chi connectivity index (χ1) is 6.01. The van der Waals surface area contributed by atoms with Crippen molar-refractivity contribution < 1.29 is 17.7 Å². The van der Waals surface area contributed by atoms with Gasteiger partial charge in [-0.05, 0) is 0 Å². The summed E-state index contributed by atoms with van der Waals surface area (Å²) in [7, 11) is 0. The van der Waals surface area contributed by atoms with E-state index in [4.69, 9.17) is 5.73 Å². The average molecular weight is 195 g/mol. The molecular formula is C6H8F3N3O. The van der Waals surface area contributed by atoms with Gasteiger partial charge >= 0.3 is 6.18 Å². The van der Waals surface area contributed by atoms with Crippen molar-refractivity contribution in [1.82, 2.24) is 10.1 Å². The number of rotatable bonds is 3. The second-order valence-corrected chi connectivity index (χ2v) is 2.43. The van der Waals surface area contributed by atoms with Crippen LogP contribution in [0.15, 0.2) is 4.52 Å². The fraction of sp³-hybridized carbons (Fsp3) is 0.667. The summed E-state index contributed by atoms with van der Waals surface area (Å²) in [6.45, 7) is 0.271. The Labute approximate surface area is 71.9 Å². The van der Waals surface area contributed by atoms with E-state index in [1.807, 2.05) is 0 Å². The van der Waals surface area contributed by atoms with Crippen molar-refractivity contribution in [3.63, 3.8) is 0 Å². The number of hydrogen-bond donors (Lipinski definition) is 1. The first kappa shape index (κ1) is 9.97. The SMILES string of the molecule is NCCc1nc(CC(F)(F)F)no1. The van der Waals surface area contributed by atoms with Crippen molar-refractivity contribution in [1.29, 1.82) is 0 Å². The van der Waals surface area contributed by atoms with Crippen molar-refractivity contribution in [2.45, 2.75) is 19.0 Å². The molecule has 0 bridgehead atoms. The molecule has 1 aromatic rings. The van der Waals surface area contributed by atoms with E-state index in [1.54, 1.807) is 0 Å². The van der Waals surface area contributed by atoms with Gasteiger partial charge < -0.3 is 10.3 Å². The quantitative estimate of drug-likeness (QED) is 0.770. The Balaban J connectivity index is 2.59. The highest BCUT2D eigenvalue weighted by Crippen LogP contribution is 2.19. The molecule has 0 saturated heterocycles. The molecule has 2 N–H and O–H groups in total. The van der Waals surface area contributed by atoms with Crippen LogP contribution in [0.4, 0.5) is 13.2 Å². The molecule has 4 nitrogen and oxygen atoms in total. The van der Waals surface area contributed by atoms with Gasteiger partial charge in [-0.3, -0.25) is 0 Å². The van der Waals surface area contributed by atoms with Crippen LogP contribution in [0.25, 0.3) is 0 Å². The van der Waals surface area contributed by atoms with E-state index in [2.05, 4.69) is 14.7 Å². The average Bonchev–Trinajstić information content (AvgIpc) is 2.33. The number of halogens is 3. The lowest BCUT2D eigenvalue weighted by molar-refractivity contribution is -0.128. The highest BCUT2D eigenvalue weighted by atomic mass is 19.4. The molecule has 0 aliphatic rings. The Hall–Kier alpha value is -1.11. The van der Waals surface area contributed by atoms with Crippen LogP contribution in [0.5, 0.6) is 0 Å². The van der Waals surface area contributed by atoms with E-state index >= 15 is 0 Å². The normalized spacial score (nSPS) is 12.0. The molecule has 0 radical (unpaired) electrons. The lowest BCUT2D eigenvalue weighted by Gasteiger charge is -1.99. The molecule has 0 atom stereocenters. The number of nitrogens with zero attached hydrogens (tertiary/aromatic N) is 2. The van der Waals surface area contributed by atoms with E-state index in [0.717, 1.165) is 0 Å². The Kier molecular flexibility index (Phi) is 2.86. The van der Waals surface area contributed by atoms with Gasteiger partial charge in [-0.15, -0.1) is 0 Å². The van der Waals surface area contributed by atoms with Gasteiger partial charge in [-0.1, -0.05) is 5.16 Å². The number of aromatic nitrogens is 2. The summed E-state index contributed by atoms with van der Waals surface area (Å²) in [4.78, 5) is 3.51. The van der Waals surface area contributed by atoms with Crippen LogP contribution in [0, 0.1) is 0 Å². The van der Waals surface area contributed by atoms with Gasteiger partial charge in [0.1, 0.15) is 6.42 Å². The monoisotopic (exact) mass is 195 g/mol. The molecule has 0 fully saturated rings. The summed E-state index contributed by atoms with van der Waals surface area (Å²) in [6.07, 6.45) is -5.17. The molecule has 0 spiro atoms. The lowest BCUT2D eigenvalue weighted by atomic mass is 10.4. The molecule has 74 valence electrons. The van der Waals surface area contributed by atoms with E-state index in [-0.39, 0.29) is 18.3 Å². The van der Waals surface area contributed by atoms with Crippen LogP contribution in [-0.2, 0) is 12.8 Å². The van der Waals surface area contributed by atoms with Gasteiger partial charge in [0.2, 0.25) is 5.89 Å². The third-order valence-electron chi connectivity index (χ3n) is 1.23. The van der Waals surface area contributed by atoms with Crippen molar-refractivity contribution in [2.75, 3.05) is 6.54 Å². The summed E-state index contributed by atoms with van der Waals surface area (Å²) in [5, 5.41) is 3.16. The maximum absolute atomic E-state index is 11.8. The first-order valence-corrected chi connectivity index (χ1v) is 3.59. The number of alkyl halides is 3. The maximum atomic E-state index is 11.8. The van der Waals surface area contributed by atoms with Crippen LogP contribution >= 0.6 is 0 Å². The van der Waals surface area contributed by atoms with Gasteiger partial charge in [-0.2, -0.15) is 18.2 Å². The van der Waals surface area contributed by atoms with Crippen LogP contribution in [0.1, 0.15) is 11.7 Å². The second-order valence-electron chi connectivity index (χ2n) is 2.43. The number of nitrogens with two attached hydrogens (primary N) is 1. The summed E-state index contributed by atoms with van der Waals surface area (Å²) in [5.41, 5.74) is 5.15. The molecule has 0 amide bonds. The molecule has 7 heteroatoms. The Morgan fingerprint density at radius 3 is 2.62 bits per heavy atom. The molecule has 0 saturated carbocycles. The van der Waals surface area contributed by atoms with Crippen molar-refractivity contribution in [2.24, 2.45) is 5.73 Å². The van der Waals surface area contributed by atoms with Crippen molar-refractivity contribution >= 4 is 0 Å². The fourth-order valence-corrected chi connectivity index (χ4v) is 0.766. The van der Waals surface area contributed by atoms with Crippen LogP contribution in [0.3, 0.4) is 0 Å². The zero-order valence-electron chi connectivity index (χ0n) is 6.64. The largest absolute Gasteiger partial charge is 0.396 e. The van der Waals surface area contributed by atoms with E-state index in [1.165, 1.54) is 0 Å². The molecule has 0 unspecified atom stereocenters. The van der Waals surface area contributed by atoms with Crippen LogP contribution in [-0.4, -0.2) is 22.9 Å². The van der Waals surface area contributed by atoms with Gasteiger partial charge in [0, 0.05) is 13.0 Å². The highest BCUT2D eigenvalue weighted by molar-refractivity contribution is 4.88. The molecule has 0 aromatic carbocycles. The van der Waals surface area contributed by atoms with Crippen molar-refractivity contribution in [3.05, 3.63) is 11.7 Å². The summed E-state index contributed by atoms with van der Waals surface area (Å²) in [6, 6.07) is 0. The van der Waals surface area contributed by atoms with Gasteiger partial charge in [0.25, 0.3) is 0 Å². The Bertz CT molecular complexity index is 270. The topological polar surface area (TPSA) is 64.9 Å². The summed E-state index contributed by atoms with van der Waals surface area (Å²) in [5.74, 6) is -0.210. The predicted molar refractivity (Wildman–Crippen MR) is 36.8 cm³/mol. The minimum Gasteiger partial charge on any atom is -0.339 e. The standard InChI is InChI=1S/C6H8F3N3O/c7-6(8,9)3-4-11-5(1-2-10)13-12-4/h1-3,10H2. The molecule has 13 heavy (non-hydrogen) atoms.